The van der Waals surface area contributed by atoms with Crippen molar-refractivity contribution in [3.05, 3.63) is 130 Å². The van der Waals surface area contributed by atoms with Crippen molar-refractivity contribution in [2.75, 3.05) is 0 Å². The number of phenolic OH excluding ortho intramolecular Hbond substituents is 4. The maximum Gasteiger partial charge on any atom is 0.158 e. The normalized spacial score (nSPS) is 15.7. The first kappa shape index (κ1) is 21.1. The molecule has 4 aromatic rings. The molecule has 0 aliphatic heterocycles. The van der Waals surface area contributed by atoms with Gasteiger partial charge in [0, 0.05) is 5.41 Å². The van der Waals surface area contributed by atoms with Crippen molar-refractivity contribution in [1.29, 1.82) is 0 Å². The summed E-state index contributed by atoms with van der Waals surface area (Å²) in [6.45, 7) is 0. The molecule has 0 fully saturated rings. The molecule has 1 spiro atoms. The van der Waals surface area contributed by atoms with Crippen molar-refractivity contribution in [2.24, 2.45) is 0 Å². The van der Waals surface area contributed by atoms with Crippen molar-refractivity contribution in [3.63, 3.8) is 0 Å². The van der Waals surface area contributed by atoms with E-state index in [9.17, 15) is 20.4 Å². The molecule has 0 amide bonds. The molecule has 172 valence electrons. The second kappa shape index (κ2) is 7.81. The molecule has 0 heterocycles. The van der Waals surface area contributed by atoms with Gasteiger partial charge in [-0.2, -0.15) is 0 Å². The van der Waals surface area contributed by atoms with Crippen LogP contribution in [0.2, 0.25) is 0 Å². The third-order valence-corrected chi connectivity index (χ3v) is 7.32. The largest absolute Gasteiger partial charge is 0.504 e. The Morgan fingerprint density at radius 3 is 1.26 bits per heavy atom. The fraction of sp³-hybridized carbons (Fsp3) is 0.0968. The fourth-order valence-corrected chi connectivity index (χ4v) is 5.61. The standard InChI is InChI=1S/C31H24O4/c32-27-15-23-21(19-7-3-1-4-8-19)11-13-31(25(23)17-29(27)34)14-12-22(20-9-5-2-6-10-20)24-16-28(33)30(35)18-26(24)31/h1-12,15-18,32-35H,13-14H2. The smallest absolute Gasteiger partial charge is 0.158 e. The summed E-state index contributed by atoms with van der Waals surface area (Å²) in [5.41, 5.74) is 6.89. The molecule has 35 heavy (non-hydrogen) atoms. The Morgan fingerprint density at radius 2 is 0.857 bits per heavy atom. The SMILES string of the molecule is Oc1cc2c(cc1O)C1(CC=C2c2ccccc2)CC=C(c2ccccc2)c2cc(O)c(O)cc21. The van der Waals surface area contributed by atoms with Crippen molar-refractivity contribution >= 4 is 11.1 Å². The van der Waals surface area contributed by atoms with E-state index in [1.165, 1.54) is 0 Å². The lowest BCUT2D eigenvalue weighted by Crippen LogP contribution is -2.33. The quantitative estimate of drug-likeness (QED) is 0.259. The second-order valence-electron chi connectivity index (χ2n) is 9.23. The average molecular weight is 461 g/mol. The molecular weight excluding hydrogens is 436 g/mol. The van der Waals surface area contributed by atoms with Gasteiger partial charge < -0.3 is 20.4 Å². The van der Waals surface area contributed by atoms with Gasteiger partial charge >= 0.3 is 0 Å². The monoisotopic (exact) mass is 460 g/mol. The van der Waals surface area contributed by atoms with Gasteiger partial charge in [0.2, 0.25) is 0 Å². The Kier molecular flexibility index (Phi) is 4.71. The predicted molar refractivity (Wildman–Crippen MR) is 137 cm³/mol. The Balaban J connectivity index is 1.62. The van der Waals surface area contributed by atoms with Crippen LogP contribution in [0.5, 0.6) is 23.0 Å². The van der Waals surface area contributed by atoms with Crippen molar-refractivity contribution in [1.82, 2.24) is 0 Å². The number of phenols is 4. The summed E-state index contributed by atoms with van der Waals surface area (Å²) in [5.74, 6) is -0.708. The van der Waals surface area contributed by atoms with Gasteiger partial charge in [-0.25, -0.2) is 0 Å². The van der Waals surface area contributed by atoms with Crippen molar-refractivity contribution in [3.8, 4) is 23.0 Å². The zero-order chi connectivity index (χ0) is 24.2. The number of aromatic hydroxyl groups is 4. The number of fused-ring (bicyclic) bond motifs is 4. The van der Waals surface area contributed by atoms with Gasteiger partial charge in [0.1, 0.15) is 0 Å². The predicted octanol–water partition coefficient (Wildman–Crippen LogP) is 6.47. The van der Waals surface area contributed by atoms with Crippen LogP contribution in [0.15, 0.2) is 97.1 Å². The molecule has 0 unspecified atom stereocenters. The lowest BCUT2D eigenvalue weighted by atomic mass is 9.60. The molecule has 4 aromatic carbocycles. The van der Waals surface area contributed by atoms with Crippen LogP contribution in [0.25, 0.3) is 11.1 Å². The molecule has 0 saturated carbocycles. The summed E-state index contributed by atoms with van der Waals surface area (Å²) >= 11 is 0. The van der Waals surface area contributed by atoms with Crippen LogP contribution >= 0.6 is 0 Å². The molecule has 0 atom stereocenters. The van der Waals surface area contributed by atoms with Gasteiger partial charge in [0.15, 0.2) is 23.0 Å². The molecule has 4 nitrogen and oxygen atoms in total. The van der Waals surface area contributed by atoms with E-state index in [2.05, 4.69) is 12.2 Å². The summed E-state index contributed by atoms with van der Waals surface area (Å²) in [6, 6.07) is 26.5. The van der Waals surface area contributed by atoms with Gasteiger partial charge in [0.25, 0.3) is 0 Å². The minimum Gasteiger partial charge on any atom is -0.504 e. The summed E-state index contributed by atoms with van der Waals surface area (Å²) < 4.78 is 0. The third-order valence-electron chi connectivity index (χ3n) is 7.32. The molecular formula is C31H24O4. The van der Waals surface area contributed by atoms with Gasteiger partial charge in [0.05, 0.1) is 0 Å². The van der Waals surface area contributed by atoms with E-state index in [0.29, 0.717) is 12.8 Å². The van der Waals surface area contributed by atoms with Crippen LogP contribution in [-0.2, 0) is 5.41 Å². The van der Waals surface area contributed by atoms with Crippen molar-refractivity contribution in [2.45, 2.75) is 18.3 Å². The van der Waals surface area contributed by atoms with Crippen LogP contribution in [0.3, 0.4) is 0 Å². The summed E-state index contributed by atoms with van der Waals surface area (Å²) in [4.78, 5) is 0. The topological polar surface area (TPSA) is 80.9 Å². The van der Waals surface area contributed by atoms with Crippen LogP contribution in [0.1, 0.15) is 46.2 Å². The zero-order valence-electron chi connectivity index (χ0n) is 18.9. The molecule has 6 rings (SSSR count). The van der Waals surface area contributed by atoms with E-state index in [0.717, 1.165) is 44.5 Å². The highest BCUT2D eigenvalue weighted by Crippen LogP contribution is 2.55. The van der Waals surface area contributed by atoms with Crippen LogP contribution in [0.4, 0.5) is 0 Å². The molecule has 0 saturated heterocycles. The van der Waals surface area contributed by atoms with E-state index < -0.39 is 5.41 Å². The first-order valence-electron chi connectivity index (χ1n) is 11.6. The van der Waals surface area contributed by atoms with E-state index >= 15 is 0 Å². The second-order valence-corrected chi connectivity index (χ2v) is 9.23. The number of hydrogen-bond acceptors (Lipinski definition) is 4. The van der Waals surface area contributed by atoms with Gasteiger partial charge in [-0.05, 0) is 81.6 Å². The summed E-state index contributed by atoms with van der Waals surface area (Å²) in [6.07, 6.45) is 5.60. The molecule has 0 radical (unpaired) electrons. The Bertz CT molecular complexity index is 1400. The number of hydrogen-bond donors (Lipinski definition) is 4. The van der Waals surface area contributed by atoms with Crippen LogP contribution in [0, 0.1) is 0 Å². The maximum atomic E-state index is 10.5. The number of rotatable bonds is 2. The molecule has 0 aromatic heterocycles. The third kappa shape index (κ3) is 3.22. The highest BCUT2D eigenvalue weighted by Gasteiger charge is 2.43. The fourth-order valence-electron chi connectivity index (χ4n) is 5.61. The maximum absolute atomic E-state index is 10.5. The Morgan fingerprint density at radius 1 is 0.486 bits per heavy atom. The summed E-state index contributed by atoms with van der Waals surface area (Å²) in [7, 11) is 0. The highest BCUT2D eigenvalue weighted by atomic mass is 16.3. The lowest BCUT2D eigenvalue weighted by molar-refractivity contribution is 0.396. The molecule has 2 aliphatic carbocycles. The Labute approximate surface area is 203 Å². The highest BCUT2D eigenvalue weighted by molar-refractivity contribution is 5.89. The molecule has 2 aliphatic rings. The van der Waals surface area contributed by atoms with Crippen molar-refractivity contribution < 1.29 is 20.4 Å². The molecule has 4 heteroatoms. The minimum absolute atomic E-state index is 0.173. The van der Waals surface area contributed by atoms with E-state index in [-0.39, 0.29) is 23.0 Å². The summed E-state index contributed by atoms with van der Waals surface area (Å²) in [5, 5.41) is 42.0. The zero-order valence-corrected chi connectivity index (χ0v) is 18.9. The van der Waals surface area contributed by atoms with Gasteiger partial charge in [-0.1, -0.05) is 72.8 Å². The lowest BCUT2D eigenvalue weighted by Gasteiger charge is -2.43. The van der Waals surface area contributed by atoms with E-state index in [1.54, 1.807) is 24.3 Å². The minimum atomic E-state index is -0.586. The average Bonchev–Trinajstić information content (AvgIpc) is 2.88. The first-order chi connectivity index (χ1) is 17.0. The van der Waals surface area contributed by atoms with E-state index in [1.807, 2.05) is 60.7 Å². The van der Waals surface area contributed by atoms with Gasteiger partial charge in [-0.3, -0.25) is 0 Å². The Hall–Kier alpha value is -4.44. The van der Waals surface area contributed by atoms with Crippen LogP contribution < -0.4 is 0 Å². The van der Waals surface area contributed by atoms with E-state index in [4.69, 9.17) is 0 Å². The first-order valence-corrected chi connectivity index (χ1v) is 11.6. The number of benzene rings is 4. The molecule has 4 N–H and O–H groups in total. The molecule has 0 bridgehead atoms. The van der Waals surface area contributed by atoms with Crippen LogP contribution in [-0.4, -0.2) is 20.4 Å². The van der Waals surface area contributed by atoms with Gasteiger partial charge in [-0.15, -0.1) is 0 Å². The number of allylic oxidation sites excluding steroid dienone is 2.